The Kier molecular flexibility index (Phi) is 3.95. The van der Waals surface area contributed by atoms with Gasteiger partial charge in [0.1, 0.15) is 11.3 Å². The lowest BCUT2D eigenvalue weighted by Crippen LogP contribution is -2.28. The van der Waals surface area contributed by atoms with Crippen molar-refractivity contribution in [1.82, 2.24) is 5.32 Å². The summed E-state index contributed by atoms with van der Waals surface area (Å²) >= 11 is 0. The molecule has 5 nitrogen and oxygen atoms in total. The van der Waals surface area contributed by atoms with E-state index in [4.69, 9.17) is 4.42 Å². The quantitative estimate of drug-likeness (QED) is 0.897. The molecule has 0 saturated carbocycles. The zero-order valence-corrected chi connectivity index (χ0v) is 14.1. The maximum absolute atomic E-state index is 12.5. The van der Waals surface area contributed by atoms with E-state index in [0.717, 1.165) is 12.0 Å². The Balaban J connectivity index is 1.85. The molecule has 1 aliphatic carbocycles. The zero-order valence-electron chi connectivity index (χ0n) is 14.1. The van der Waals surface area contributed by atoms with Gasteiger partial charge in [0.05, 0.1) is 6.04 Å². The normalized spacial score (nSPS) is 18.2. The third-order valence-electron chi connectivity index (χ3n) is 4.67. The van der Waals surface area contributed by atoms with Gasteiger partial charge < -0.3 is 14.8 Å². The smallest absolute Gasteiger partial charge is 0.339 e. The van der Waals surface area contributed by atoms with Gasteiger partial charge in [0, 0.05) is 12.5 Å². The SMILES string of the molecule is CCc1oc(C(=O)NC2CC(C)(C)c3ccccc32)cc1C(=O)O. The van der Waals surface area contributed by atoms with Gasteiger partial charge in [-0.3, -0.25) is 4.79 Å². The van der Waals surface area contributed by atoms with E-state index in [2.05, 4.69) is 25.2 Å². The lowest BCUT2D eigenvalue weighted by atomic mass is 9.86. The Morgan fingerprint density at radius 2 is 2.04 bits per heavy atom. The van der Waals surface area contributed by atoms with Gasteiger partial charge in [-0.05, 0) is 23.0 Å². The summed E-state index contributed by atoms with van der Waals surface area (Å²) in [6.45, 7) is 6.11. The van der Waals surface area contributed by atoms with Crippen molar-refractivity contribution in [2.75, 3.05) is 0 Å². The number of furan rings is 1. The van der Waals surface area contributed by atoms with Crippen molar-refractivity contribution in [3.63, 3.8) is 0 Å². The second-order valence-corrected chi connectivity index (χ2v) is 6.81. The molecule has 1 aromatic carbocycles. The summed E-state index contributed by atoms with van der Waals surface area (Å²) in [6, 6.07) is 9.28. The minimum absolute atomic E-state index is 0.0154. The molecule has 2 N–H and O–H groups in total. The standard InChI is InChI=1S/C19H21NO4/c1-4-15-12(18(22)23)9-16(24-15)17(21)20-14-10-19(2,3)13-8-6-5-7-11(13)14/h5-9,14H,4,10H2,1-3H3,(H,20,21)(H,22,23). The van der Waals surface area contributed by atoms with E-state index >= 15 is 0 Å². The third kappa shape index (κ3) is 2.70. The predicted octanol–water partition coefficient (Wildman–Crippen LogP) is 3.69. The van der Waals surface area contributed by atoms with Crippen LogP contribution >= 0.6 is 0 Å². The van der Waals surface area contributed by atoms with Crippen molar-refractivity contribution in [2.45, 2.75) is 45.1 Å². The summed E-state index contributed by atoms with van der Waals surface area (Å²) in [7, 11) is 0. The van der Waals surface area contributed by atoms with E-state index in [1.165, 1.54) is 11.6 Å². The molecule has 0 spiro atoms. The van der Waals surface area contributed by atoms with Gasteiger partial charge in [0.2, 0.25) is 0 Å². The molecule has 0 aliphatic heterocycles. The summed E-state index contributed by atoms with van der Waals surface area (Å²) in [6.07, 6.45) is 1.22. The second kappa shape index (κ2) is 5.82. The Morgan fingerprint density at radius 3 is 2.67 bits per heavy atom. The molecule has 2 aromatic rings. The van der Waals surface area contributed by atoms with Crippen LogP contribution in [0.25, 0.3) is 0 Å². The van der Waals surface area contributed by atoms with E-state index < -0.39 is 5.97 Å². The average molecular weight is 327 g/mol. The number of benzene rings is 1. The molecule has 0 radical (unpaired) electrons. The summed E-state index contributed by atoms with van der Waals surface area (Å²) < 4.78 is 5.44. The number of carbonyl (C=O) groups is 2. The molecule has 3 rings (SSSR count). The Morgan fingerprint density at radius 1 is 1.33 bits per heavy atom. The molecule has 0 fully saturated rings. The highest BCUT2D eigenvalue weighted by molar-refractivity contribution is 5.96. The lowest BCUT2D eigenvalue weighted by Gasteiger charge is -2.19. The van der Waals surface area contributed by atoms with Gasteiger partial charge in [-0.15, -0.1) is 0 Å². The number of rotatable bonds is 4. The van der Waals surface area contributed by atoms with Crippen molar-refractivity contribution in [1.29, 1.82) is 0 Å². The van der Waals surface area contributed by atoms with Crippen molar-refractivity contribution >= 4 is 11.9 Å². The maximum atomic E-state index is 12.5. The van der Waals surface area contributed by atoms with Gasteiger partial charge >= 0.3 is 5.97 Å². The molecule has 1 aromatic heterocycles. The number of fused-ring (bicyclic) bond motifs is 1. The van der Waals surface area contributed by atoms with E-state index in [1.807, 2.05) is 18.2 Å². The van der Waals surface area contributed by atoms with Crippen LogP contribution < -0.4 is 5.32 Å². The van der Waals surface area contributed by atoms with E-state index in [9.17, 15) is 14.7 Å². The van der Waals surface area contributed by atoms with Crippen LogP contribution in [0.15, 0.2) is 34.7 Å². The molecule has 1 amide bonds. The topological polar surface area (TPSA) is 79.5 Å². The van der Waals surface area contributed by atoms with Gasteiger partial charge in [-0.1, -0.05) is 45.0 Å². The first-order valence-electron chi connectivity index (χ1n) is 8.09. The number of carbonyl (C=O) groups excluding carboxylic acids is 1. The van der Waals surface area contributed by atoms with Crippen LogP contribution in [0.3, 0.4) is 0 Å². The number of carboxylic acids is 1. The van der Waals surface area contributed by atoms with E-state index in [0.29, 0.717) is 12.2 Å². The van der Waals surface area contributed by atoms with Crippen molar-refractivity contribution in [3.8, 4) is 0 Å². The first-order chi connectivity index (χ1) is 11.3. The largest absolute Gasteiger partial charge is 0.478 e. The molecular weight excluding hydrogens is 306 g/mol. The lowest BCUT2D eigenvalue weighted by molar-refractivity contribution is 0.0694. The fourth-order valence-electron chi connectivity index (χ4n) is 3.49. The van der Waals surface area contributed by atoms with Gasteiger partial charge in [-0.25, -0.2) is 4.79 Å². The highest BCUT2D eigenvalue weighted by atomic mass is 16.4. The van der Waals surface area contributed by atoms with Gasteiger partial charge in [0.25, 0.3) is 5.91 Å². The van der Waals surface area contributed by atoms with Crippen LogP contribution in [-0.4, -0.2) is 17.0 Å². The molecule has 1 unspecified atom stereocenters. The number of carboxylic acid groups (broad SMARTS) is 1. The van der Waals surface area contributed by atoms with E-state index in [1.54, 1.807) is 6.92 Å². The number of nitrogens with one attached hydrogen (secondary N) is 1. The fraction of sp³-hybridized carbons (Fsp3) is 0.368. The number of amides is 1. The first-order valence-corrected chi connectivity index (χ1v) is 8.09. The highest BCUT2D eigenvalue weighted by Gasteiger charge is 2.37. The molecular formula is C19H21NO4. The molecule has 24 heavy (non-hydrogen) atoms. The van der Waals surface area contributed by atoms with Crippen LogP contribution in [0.5, 0.6) is 0 Å². The van der Waals surface area contributed by atoms with Crippen molar-refractivity contribution in [3.05, 3.63) is 58.5 Å². The summed E-state index contributed by atoms with van der Waals surface area (Å²) in [5.74, 6) is -1.09. The molecule has 1 atom stereocenters. The van der Waals surface area contributed by atoms with Crippen LogP contribution in [0, 0.1) is 0 Å². The van der Waals surface area contributed by atoms with E-state index in [-0.39, 0.29) is 28.7 Å². The number of hydrogen-bond donors (Lipinski definition) is 2. The van der Waals surface area contributed by atoms with Crippen LogP contribution in [-0.2, 0) is 11.8 Å². The van der Waals surface area contributed by atoms with Crippen LogP contribution in [0.2, 0.25) is 0 Å². The summed E-state index contributed by atoms with van der Waals surface area (Å²) in [4.78, 5) is 23.7. The third-order valence-corrected chi connectivity index (χ3v) is 4.67. The molecule has 126 valence electrons. The number of aromatic carboxylic acids is 1. The monoisotopic (exact) mass is 327 g/mol. The number of hydrogen-bond acceptors (Lipinski definition) is 3. The Hall–Kier alpha value is -2.56. The molecule has 1 aliphatic rings. The summed E-state index contributed by atoms with van der Waals surface area (Å²) in [5, 5.41) is 12.2. The van der Waals surface area contributed by atoms with Gasteiger partial charge in [-0.2, -0.15) is 0 Å². The van der Waals surface area contributed by atoms with Gasteiger partial charge in [0.15, 0.2) is 5.76 Å². The first kappa shape index (κ1) is 16.3. The molecule has 0 saturated heterocycles. The van der Waals surface area contributed by atoms with Crippen molar-refractivity contribution < 1.29 is 19.1 Å². The maximum Gasteiger partial charge on any atom is 0.339 e. The predicted molar refractivity (Wildman–Crippen MR) is 89.3 cm³/mol. The summed E-state index contributed by atoms with van der Waals surface area (Å²) in [5.41, 5.74) is 2.37. The minimum Gasteiger partial charge on any atom is -0.478 e. The van der Waals surface area contributed by atoms with Crippen molar-refractivity contribution in [2.24, 2.45) is 0 Å². The van der Waals surface area contributed by atoms with Crippen LogP contribution in [0.1, 0.15) is 71.0 Å². The number of aryl methyl sites for hydroxylation is 1. The van der Waals surface area contributed by atoms with Crippen LogP contribution in [0.4, 0.5) is 0 Å². The average Bonchev–Trinajstić information content (AvgIpc) is 3.08. The zero-order chi connectivity index (χ0) is 17.5. The fourth-order valence-corrected chi connectivity index (χ4v) is 3.49. The molecule has 0 bridgehead atoms. The molecule has 5 heteroatoms. The minimum atomic E-state index is -1.08. The second-order valence-electron chi connectivity index (χ2n) is 6.81. The molecule has 1 heterocycles. The Bertz CT molecular complexity index is 803. The highest BCUT2D eigenvalue weighted by Crippen LogP contribution is 2.44. The Labute approximate surface area is 140 Å².